The molecule has 186 valence electrons. The average molecular weight is 525 g/mol. The van der Waals surface area contributed by atoms with Gasteiger partial charge in [-0.1, -0.05) is 29.8 Å². The summed E-state index contributed by atoms with van der Waals surface area (Å²) in [6.45, 7) is 1.74. The topological polar surface area (TPSA) is 93.5 Å². The number of imidazole rings is 1. The van der Waals surface area contributed by atoms with E-state index >= 15 is 0 Å². The molecule has 1 heterocycles. The van der Waals surface area contributed by atoms with Crippen LogP contribution in [0.2, 0.25) is 5.02 Å². The highest BCUT2D eigenvalue weighted by Crippen LogP contribution is 2.27. The molecule has 1 amide bonds. The van der Waals surface area contributed by atoms with Crippen molar-refractivity contribution < 1.29 is 17.9 Å². The Morgan fingerprint density at radius 1 is 1.08 bits per heavy atom. The van der Waals surface area contributed by atoms with Crippen LogP contribution in [-0.4, -0.2) is 37.5 Å². The fraction of sp³-hybridized carbons (Fsp3) is 0.154. The van der Waals surface area contributed by atoms with E-state index in [4.69, 9.17) is 16.3 Å². The Labute approximate surface area is 215 Å². The quantitative estimate of drug-likeness (QED) is 0.351. The first-order chi connectivity index (χ1) is 17.3. The minimum atomic E-state index is -4.06. The minimum absolute atomic E-state index is 0.0291. The van der Waals surface area contributed by atoms with Gasteiger partial charge in [0, 0.05) is 29.6 Å². The van der Waals surface area contributed by atoms with Crippen molar-refractivity contribution in [1.29, 1.82) is 0 Å². The smallest absolute Gasteiger partial charge is 0.264 e. The lowest BCUT2D eigenvalue weighted by molar-refractivity contribution is -0.119. The SMILES string of the molecule is COc1ccc(S(=O)(=O)N(CC(=O)NCc2ccc(-n3ccnc3C)cc2)c2cccc(Cl)c2)cc1. The highest BCUT2D eigenvalue weighted by Gasteiger charge is 2.27. The molecule has 4 aromatic rings. The van der Waals surface area contributed by atoms with Gasteiger partial charge in [-0.15, -0.1) is 0 Å². The fourth-order valence-electron chi connectivity index (χ4n) is 3.63. The second kappa shape index (κ2) is 10.8. The van der Waals surface area contributed by atoms with Crippen LogP contribution in [0.5, 0.6) is 5.75 Å². The zero-order chi connectivity index (χ0) is 25.7. The summed E-state index contributed by atoms with van der Waals surface area (Å²) < 4.78 is 35.1. The van der Waals surface area contributed by atoms with Gasteiger partial charge in [-0.05, 0) is 67.1 Å². The summed E-state index contributed by atoms with van der Waals surface area (Å²) >= 11 is 6.12. The van der Waals surface area contributed by atoms with Gasteiger partial charge >= 0.3 is 0 Å². The Morgan fingerprint density at radius 3 is 2.42 bits per heavy atom. The molecule has 0 saturated carbocycles. The van der Waals surface area contributed by atoms with Gasteiger partial charge in [0.15, 0.2) is 0 Å². The number of nitrogens with one attached hydrogen (secondary N) is 1. The second-order valence-electron chi connectivity index (χ2n) is 7.95. The zero-order valence-electron chi connectivity index (χ0n) is 19.8. The lowest BCUT2D eigenvalue weighted by Crippen LogP contribution is -2.40. The Balaban J connectivity index is 1.51. The van der Waals surface area contributed by atoms with Crippen LogP contribution in [0.25, 0.3) is 5.69 Å². The first kappa shape index (κ1) is 25.3. The van der Waals surface area contributed by atoms with Crippen LogP contribution in [0.3, 0.4) is 0 Å². The van der Waals surface area contributed by atoms with Gasteiger partial charge in [0.25, 0.3) is 10.0 Å². The number of sulfonamides is 1. The molecule has 10 heteroatoms. The summed E-state index contributed by atoms with van der Waals surface area (Å²) in [5, 5.41) is 3.16. The van der Waals surface area contributed by atoms with Crippen LogP contribution in [-0.2, 0) is 21.4 Å². The molecule has 1 aromatic heterocycles. The van der Waals surface area contributed by atoms with Gasteiger partial charge in [0.1, 0.15) is 18.1 Å². The molecule has 8 nitrogen and oxygen atoms in total. The summed E-state index contributed by atoms with van der Waals surface area (Å²) in [5.74, 6) is 0.937. The van der Waals surface area contributed by atoms with Crippen molar-refractivity contribution in [2.24, 2.45) is 0 Å². The summed E-state index contributed by atoms with van der Waals surface area (Å²) in [7, 11) is -2.56. The number of hydrogen-bond donors (Lipinski definition) is 1. The number of aromatic nitrogens is 2. The van der Waals surface area contributed by atoms with Crippen molar-refractivity contribution in [3.8, 4) is 11.4 Å². The van der Waals surface area contributed by atoms with Gasteiger partial charge < -0.3 is 14.6 Å². The van der Waals surface area contributed by atoms with Gasteiger partial charge in [-0.3, -0.25) is 9.10 Å². The first-order valence-corrected chi connectivity index (χ1v) is 12.9. The molecule has 0 atom stereocenters. The number of ether oxygens (including phenoxy) is 1. The van der Waals surface area contributed by atoms with Crippen molar-refractivity contribution in [3.63, 3.8) is 0 Å². The van der Waals surface area contributed by atoms with E-state index in [1.165, 1.54) is 25.3 Å². The Hall–Kier alpha value is -3.82. The third-order valence-electron chi connectivity index (χ3n) is 5.56. The third kappa shape index (κ3) is 5.69. The van der Waals surface area contributed by atoms with E-state index in [0.29, 0.717) is 10.8 Å². The molecule has 0 aliphatic rings. The molecule has 4 rings (SSSR count). The van der Waals surface area contributed by atoms with E-state index < -0.39 is 22.5 Å². The summed E-state index contributed by atoms with van der Waals surface area (Å²) in [5.41, 5.74) is 2.11. The number of hydrogen-bond acceptors (Lipinski definition) is 5. The number of nitrogens with zero attached hydrogens (tertiary/aromatic N) is 3. The van der Waals surface area contributed by atoms with Gasteiger partial charge in [-0.25, -0.2) is 13.4 Å². The maximum Gasteiger partial charge on any atom is 0.264 e. The Bertz CT molecular complexity index is 1450. The van der Waals surface area contributed by atoms with Gasteiger partial charge in [0.2, 0.25) is 5.91 Å². The maximum absolute atomic E-state index is 13.5. The highest BCUT2D eigenvalue weighted by atomic mass is 35.5. The third-order valence-corrected chi connectivity index (χ3v) is 7.58. The highest BCUT2D eigenvalue weighted by molar-refractivity contribution is 7.92. The van der Waals surface area contributed by atoms with Gasteiger partial charge in [0.05, 0.1) is 17.7 Å². The number of anilines is 1. The number of carbonyl (C=O) groups excluding carboxylic acids is 1. The first-order valence-electron chi connectivity index (χ1n) is 11.1. The average Bonchev–Trinajstić information content (AvgIpc) is 3.32. The normalized spacial score (nSPS) is 11.2. The molecule has 0 aliphatic carbocycles. The molecule has 0 bridgehead atoms. The fourth-order valence-corrected chi connectivity index (χ4v) is 5.23. The van der Waals surface area contributed by atoms with Crippen LogP contribution in [0.4, 0.5) is 5.69 Å². The molecule has 0 aliphatic heterocycles. The van der Waals surface area contributed by atoms with E-state index in [1.807, 2.05) is 42.0 Å². The molecule has 3 aromatic carbocycles. The molecule has 0 unspecified atom stereocenters. The Kier molecular flexibility index (Phi) is 7.61. The molecule has 1 N–H and O–H groups in total. The monoisotopic (exact) mass is 524 g/mol. The van der Waals surface area contributed by atoms with E-state index in [-0.39, 0.29) is 17.1 Å². The molecule has 0 saturated heterocycles. The van der Waals surface area contributed by atoms with E-state index in [0.717, 1.165) is 21.4 Å². The lowest BCUT2D eigenvalue weighted by Gasteiger charge is -2.24. The molecule has 0 spiro atoms. The number of benzene rings is 3. The lowest BCUT2D eigenvalue weighted by atomic mass is 10.2. The molecule has 0 fully saturated rings. The van der Waals surface area contributed by atoms with Crippen molar-refractivity contribution in [1.82, 2.24) is 14.9 Å². The van der Waals surface area contributed by atoms with Crippen LogP contribution in [0, 0.1) is 6.92 Å². The number of aryl methyl sites for hydroxylation is 1. The van der Waals surface area contributed by atoms with Crippen molar-refractivity contribution in [3.05, 3.63) is 102 Å². The predicted octanol–water partition coefficient (Wildman–Crippen LogP) is 4.35. The Morgan fingerprint density at radius 2 is 1.81 bits per heavy atom. The van der Waals surface area contributed by atoms with Crippen LogP contribution in [0.15, 0.2) is 90.1 Å². The second-order valence-corrected chi connectivity index (χ2v) is 10.3. The zero-order valence-corrected chi connectivity index (χ0v) is 21.3. The van der Waals surface area contributed by atoms with Crippen LogP contribution >= 0.6 is 11.6 Å². The maximum atomic E-state index is 13.5. The van der Waals surface area contributed by atoms with E-state index in [2.05, 4.69) is 10.3 Å². The molecular formula is C26H25ClN4O4S. The number of rotatable bonds is 9. The number of carbonyl (C=O) groups is 1. The summed E-state index contributed by atoms with van der Waals surface area (Å²) in [6.07, 6.45) is 3.61. The number of methoxy groups -OCH3 is 1. The van der Waals surface area contributed by atoms with Crippen molar-refractivity contribution in [2.45, 2.75) is 18.4 Å². The van der Waals surface area contributed by atoms with Crippen LogP contribution < -0.4 is 14.4 Å². The molecular weight excluding hydrogens is 500 g/mol. The van der Waals surface area contributed by atoms with E-state index in [1.54, 1.807) is 36.5 Å². The summed E-state index contributed by atoms with van der Waals surface area (Å²) in [4.78, 5) is 17.1. The van der Waals surface area contributed by atoms with Crippen molar-refractivity contribution >= 4 is 33.2 Å². The van der Waals surface area contributed by atoms with Crippen LogP contribution in [0.1, 0.15) is 11.4 Å². The summed E-state index contributed by atoms with van der Waals surface area (Å²) in [6, 6.07) is 20.0. The van der Waals surface area contributed by atoms with Gasteiger partial charge in [-0.2, -0.15) is 0 Å². The number of amides is 1. The van der Waals surface area contributed by atoms with Crippen molar-refractivity contribution in [2.75, 3.05) is 18.0 Å². The number of halogens is 1. The molecule has 0 radical (unpaired) electrons. The minimum Gasteiger partial charge on any atom is -0.497 e. The largest absolute Gasteiger partial charge is 0.497 e. The predicted molar refractivity (Wildman–Crippen MR) is 139 cm³/mol. The standard InChI is InChI=1S/C26H25ClN4O4S/c1-19-28-14-15-30(19)22-8-6-20(7-9-22)17-29-26(32)18-31(23-5-3-4-21(27)16-23)36(33,34)25-12-10-24(35-2)11-13-25/h3-16H,17-18H2,1-2H3,(H,29,32). The molecule has 36 heavy (non-hydrogen) atoms. The van der Waals surface area contributed by atoms with E-state index in [9.17, 15) is 13.2 Å².